The molecule has 0 radical (unpaired) electrons. The summed E-state index contributed by atoms with van der Waals surface area (Å²) in [4.78, 5) is 0. The molecule has 0 aliphatic heterocycles. The lowest BCUT2D eigenvalue weighted by Gasteiger charge is -2.24. The van der Waals surface area contributed by atoms with Crippen molar-refractivity contribution in [2.45, 2.75) is 39.3 Å². The molecule has 0 saturated heterocycles. The van der Waals surface area contributed by atoms with E-state index < -0.39 is 0 Å². The molecule has 0 bridgehead atoms. The van der Waals surface area contributed by atoms with Gasteiger partial charge in [0.05, 0.1) is 0 Å². The Hall–Kier alpha value is -1.99. The third-order valence-electron chi connectivity index (χ3n) is 5.54. The number of rotatable bonds is 2. The molecule has 0 fully saturated rings. The first-order valence-electron chi connectivity index (χ1n) is 9.28. The summed E-state index contributed by atoms with van der Waals surface area (Å²) in [5.74, 6) is 0.977. The number of fused-ring (bicyclic) bond motifs is 2. The maximum atomic E-state index is 2.63. The Balaban J connectivity index is 1.93. The Kier molecular flexibility index (Phi) is 4.21. The number of hydrogen-bond donors (Lipinski definition) is 0. The third-order valence-corrected chi connectivity index (χ3v) is 6.61. The topological polar surface area (TPSA) is 0 Å². The average Bonchev–Trinajstić information content (AvgIpc) is 2.98. The summed E-state index contributed by atoms with van der Waals surface area (Å²) in [6.45, 7) is 9.40. The number of allylic oxidation sites excluding steroid dienone is 9. The second kappa shape index (κ2) is 6.38. The van der Waals surface area contributed by atoms with Gasteiger partial charge in [-0.2, -0.15) is 0 Å². The van der Waals surface area contributed by atoms with Gasteiger partial charge in [0.2, 0.25) is 0 Å². The second-order valence-electron chi connectivity index (χ2n) is 7.74. The fourth-order valence-electron chi connectivity index (χ4n) is 4.62. The van der Waals surface area contributed by atoms with Gasteiger partial charge in [0.15, 0.2) is 0 Å². The van der Waals surface area contributed by atoms with E-state index in [0.29, 0.717) is 11.8 Å². The fourth-order valence-corrected chi connectivity index (χ4v) is 5.73. The molecule has 1 aromatic carbocycles. The van der Waals surface area contributed by atoms with Gasteiger partial charge in [-0.05, 0) is 62.1 Å². The lowest BCUT2D eigenvalue weighted by Crippen LogP contribution is -2.14. The molecule has 0 spiro atoms. The molecule has 0 heterocycles. The zero-order valence-corrected chi connectivity index (χ0v) is 16.6. The molecule has 2 unspecified atom stereocenters. The van der Waals surface area contributed by atoms with Crippen molar-refractivity contribution in [3.8, 4) is 0 Å². The first-order valence-corrected chi connectivity index (χ1v) is 11.9. The van der Waals surface area contributed by atoms with Gasteiger partial charge in [-0.15, -0.1) is 0 Å². The van der Waals surface area contributed by atoms with Gasteiger partial charge in [-0.1, -0.05) is 79.0 Å². The molecule has 0 amide bonds. The van der Waals surface area contributed by atoms with Crippen LogP contribution in [0.3, 0.4) is 0 Å². The molecule has 3 aliphatic rings. The summed E-state index contributed by atoms with van der Waals surface area (Å²) in [7, 11) is -0.382. The normalized spacial score (nSPS) is 24.2. The molecular weight excluding hydrogens is 316 g/mol. The highest BCUT2D eigenvalue weighted by Crippen LogP contribution is 2.50. The number of hydrogen-bond acceptors (Lipinski definition) is 0. The van der Waals surface area contributed by atoms with Crippen LogP contribution >= 0.6 is 0 Å². The summed E-state index contributed by atoms with van der Waals surface area (Å²) in [5.41, 5.74) is 13.0. The van der Waals surface area contributed by atoms with E-state index in [-0.39, 0.29) is 8.41 Å². The third kappa shape index (κ3) is 2.81. The van der Waals surface area contributed by atoms with Crippen LogP contribution in [0.5, 0.6) is 0 Å². The summed E-state index contributed by atoms with van der Waals surface area (Å²) in [6, 6.07) is 8.91. The molecule has 0 N–H and O–H groups in total. The molecule has 0 aromatic heterocycles. The quantitative estimate of drug-likeness (QED) is 0.571. The zero-order valence-electron chi connectivity index (χ0n) is 15.6. The van der Waals surface area contributed by atoms with Gasteiger partial charge >= 0.3 is 0 Å². The lowest BCUT2D eigenvalue weighted by atomic mass is 9.80. The van der Waals surface area contributed by atoms with E-state index in [2.05, 4.69) is 87.3 Å². The van der Waals surface area contributed by atoms with Gasteiger partial charge in [-0.3, -0.25) is 0 Å². The zero-order chi connectivity index (χ0) is 17.6. The van der Waals surface area contributed by atoms with E-state index in [0.717, 1.165) is 6.42 Å². The monoisotopic (exact) mass is 342 g/mol. The smallest absolute Gasteiger partial charge is 0.0311 e. The van der Waals surface area contributed by atoms with Crippen molar-refractivity contribution in [3.63, 3.8) is 0 Å². The first-order chi connectivity index (χ1) is 12.1. The predicted octanol–water partition coefficient (Wildman–Crippen LogP) is 6.08. The van der Waals surface area contributed by atoms with Crippen molar-refractivity contribution in [1.82, 2.24) is 0 Å². The molecule has 4 rings (SSSR count). The van der Waals surface area contributed by atoms with Crippen LogP contribution in [0.25, 0.3) is 6.08 Å². The Bertz CT molecular complexity index is 911. The standard InChI is InChI=1S/C24H26Si/c1-16-13-18-9-7-8-12-21(18)22(16)23-17(2)14-19-10-5-6-11-20(24(19)23)15-25(3)4/h5-10,12-15,20,22H,11H2,1-4H3. The van der Waals surface area contributed by atoms with Gasteiger partial charge in [0, 0.05) is 11.8 Å². The minimum absolute atomic E-state index is 0.382. The van der Waals surface area contributed by atoms with Crippen LogP contribution in [0, 0.1) is 5.92 Å². The van der Waals surface area contributed by atoms with Crippen LogP contribution in [0.15, 0.2) is 76.4 Å². The van der Waals surface area contributed by atoms with Crippen molar-refractivity contribution in [1.29, 1.82) is 0 Å². The molecule has 126 valence electrons. The second-order valence-corrected chi connectivity index (χ2v) is 10.2. The van der Waals surface area contributed by atoms with Crippen LogP contribution in [0.4, 0.5) is 0 Å². The Morgan fingerprint density at radius 1 is 1.04 bits per heavy atom. The van der Waals surface area contributed by atoms with Crippen molar-refractivity contribution >= 4 is 20.2 Å². The first kappa shape index (κ1) is 16.5. The Morgan fingerprint density at radius 2 is 1.84 bits per heavy atom. The van der Waals surface area contributed by atoms with Gasteiger partial charge in [0.25, 0.3) is 0 Å². The van der Waals surface area contributed by atoms with Crippen LogP contribution in [-0.2, 0) is 0 Å². The van der Waals surface area contributed by atoms with E-state index in [1.165, 1.54) is 27.8 Å². The summed E-state index contributed by atoms with van der Waals surface area (Å²) < 4.78 is 0. The minimum atomic E-state index is -0.382. The highest BCUT2D eigenvalue weighted by atomic mass is 28.2. The summed E-state index contributed by atoms with van der Waals surface area (Å²) in [5, 5.41) is 0. The largest absolute Gasteiger partial charge is 0.0963 e. The van der Waals surface area contributed by atoms with Crippen molar-refractivity contribution in [2.75, 3.05) is 0 Å². The van der Waals surface area contributed by atoms with E-state index >= 15 is 0 Å². The maximum Gasteiger partial charge on any atom is 0.0311 e. The summed E-state index contributed by atoms with van der Waals surface area (Å²) >= 11 is 0. The highest BCUT2D eigenvalue weighted by molar-refractivity contribution is 6.64. The average molecular weight is 343 g/mol. The highest BCUT2D eigenvalue weighted by Gasteiger charge is 2.34. The van der Waals surface area contributed by atoms with E-state index in [1.807, 2.05) is 0 Å². The van der Waals surface area contributed by atoms with Crippen molar-refractivity contribution in [3.05, 3.63) is 87.6 Å². The van der Waals surface area contributed by atoms with Crippen LogP contribution in [-0.4, -0.2) is 14.1 Å². The molecule has 25 heavy (non-hydrogen) atoms. The van der Waals surface area contributed by atoms with Gasteiger partial charge in [0.1, 0.15) is 0 Å². The SMILES string of the molecule is CC1=CC2=CC=CCC(C=[Si](C)C)C2=C1C1C(C)=Cc2ccccc21. The Morgan fingerprint density at radius 3 is 2.64 bits per heavy atom. The Labute approximate surface area is 153 Å². The van der Waals surface area contributed by atoms with Gasteiger partial charge in [-0.25, -0.2) is 0 Å². The molecule has 2 atom stereocenters. The summed E-state index contributed by atoms with van der Waals surface area (Å²) in [6.07, 6.45) is 12.8. The van der Waals surface area contributed by atoms with Crippen LogP contribution in [0.2, 0.25) is 13.1 Å². The van der Waals surface area contributed by atoms with E-state index in [9.17, 15) is 0 Å². The lowest BCUT2D eigenvalue weighted by molar-refractivity contribution is 0.831. The fraction of sp³-hybridized carbons (Fsp3) is 0.292. The van der Waals surface area contributed by atoms with Crippen LogP contribution < -0.4 is 0 Å². The molecular formula is C24H26Si. The van der Waals surface area contributed by atoms with Gasteiger partial charge < -0.3 is 0 Å². The molecule has 1 aromatic rings. The van der Waals surface area contributed by atoms with E-state index in [1.54, 1.807) is 11.1 Å². The molecule has 1 heteroatoms. The van der Waals surface area contributed by atoms with Crippen molar-refractivity contribution in [2.24, 2.45) is 5.92 Å². The molecule has 0 saturated carbocycles. The molecule has 0 nitrogen and oxygen atoms in total. The van der Waals surface area contributed by atoms with Crippen LogP contribution in [0.1, 0.15) is 37.3 Å². The van der Waals surface area contributed by atoms with Crippen molar-refractivity contribution < 1.29 is 0 Å². The molecule has 3 aliphatic carbocycles. The van der Waals surface area contributed by atoms with E-state index in [4.69, 9.17) is 0 Å². The number of benzene rings is 1. The minimum Gasteiger partial charge on any atom is -0.0963 e. The predicted molar refractivity (Wildman–Crippen MR) is 112 cm³/mol. The maximum absolute atomic E-state index is 2.63.